The first-order valence-corrected chi connectivity index (χ1v) is 8.08. The van der Waals surface area contributed by atoms with E-state index in [4.69, 9.17) is 5.73 Å². The molecule has 7 heteroatoms. The lowest BCUT2D eigenvalue weighted by Crippen LogP contribution is -2.45. The fourth-order valence-corrected chi connectivity index (χ4v) is 1.71. The Balaban J connectivity index is 2.60. The van der Waals surface area contributed by atoms with Crippen LogP contribution in [0.25, 0.3) is 0 Å². The van der Waals surface area contributed by atoms with Crippen molar-refractivity contribution in [2.24, 2.45) is 5.73 Å². The van der Waals surface area contributed by atoms with E-state index in [2.05, 4.69) is 10.6 Å². The zero-order valence-electron chi connectivity index (χ0n) is 11.9. The van der Waals surface area contributed by atoms with Crippen molar-refractivity contribution >= 4 is 21.6 Å². The molecule has 0 aliphatic heterocycles. The summed E-state index contributed by atoms with van der Waals surface area (Å²) in [6.07, 6.45) is 1.15. The van der Waals surface area contributed by atoms with Gasteiger partial charge in [-0.15, -0.1) is 0 Å². The van der Waals surface area contributed by atoms with Crippen molar-refractivity contribution in [2.75, 3.05) is 18.1 Å². The Labute approximate surface area is 119 Å². The molecule has 0 fully saturated rings. The largest absolute Gasteiger partial charge is 0.336 e. The van der Waals surface area contributed by atoms with Crippen LogP contribution in [0.5, 0.6) is 0 Å². The second kappa shape index (κ2) is 6.23. The molecule has 1 rings (SSSR count). The molecule has 2 amide bonds. The van der Waals surface area contributed by atoms with E-state index in [1.165, 1.54) is 0 Å². The minimum atomic E-state index is -3.24. The summed E-state index contributed by atoms with van der Waals surface area (Å²) in [7, 11) is -3.24. The molecule has 20 heavy (non-hydrogen) atoms. The fourth-order valence-electron chi connectivity index (χ4n) is 1.38. The molecule has 0 spiro atoms. The molecular weight excluding hydrogens is 278 g/mol. The van der Waals surface area contributed by atoms with Crippen LogP contribution in [0.15, 0.2) is 24.3 Å². The predicted octanol–water partition coefficient (Wildman–Crippen LogP) is 1.09. The summed E-state index contributed by atoms with van der Waals surface area (Å²) < 4.78 is 22.0. The highest BCUT2D eigenvalue weighted by atomic mass is 32.2. The van der Waals surface area contributed by atoms with E-state index < -0.39 is 20.6 Å². The Morgan fingerprint density at radius 3 is 2.55 bits per heavy atom. The van der Waals surface area contributed by atoms with E-state index in [0.717, 1.165) is 11.8 Å². The first-order valence-electron chi connectivity index (χ1n) is 6.19. The maximum absolute atomic E-state index is 11.7. The van der Waals surface area contributed by atoms with Gasteiger partial charge in [-0.1, -0.05) is 12.1 Å². The number of rotatable bonds is 5. The van der Waals surface area contributed by atoms with Gasteiger partial charge in [0.2, 0.25) is 0 Å². The number of sulfone groups is 1. The molecule has 112 valence electrons. The number of nitrogens with one attached hydrogen (secondary N) is 2. The Bertz CT molecular complexity index is 582. The van der Waals surface area contributed by atoms with Crippen LogP contribution in [0.2, 0.25) is 0 Å². The van der Waals surface area contributed by atoms with Crippen LogP contribution in [-0.2, 0) is 16.4 Å². The second-order valence-corrected chi connectivity index (χ2v) is 7.89. The predicted molar refractivity (Wildman–Crippen MR) is 80.3 cm³/mol. The van der Waals surface area contributed by atoms with Crippen molar-refractivity contribution in [3.05, 3.63) is 29.8 Å². The van der Waals surface area contributed by atoms with Crippen LogP contribution in [0.3, 0.4) is 0 Å². The molecule has 0 saturated heterocycles. The van der Waals surface area contributed by atoms with Crippen LogP contribution in [-0.4, -0.2) is 32.0 Å². The Morgan fingerprint density at radius 1 is 1.35 bits per heavy atom. The lowest BCUT2D eigenvalue weighted by Gasteiger charge is -2.22. The molecule has 0 aliphatic rings. The van der Waals surface area contributed by atoms with Crippen molar-refractivity contribution in [1.82, 2.24) is 5.32 Å². The highest BCUT2D eigenvalue weighted by Crippen LogP contribution is 2.14. The molecule has 4 N–H and O–H groups in total. The summed E-state index contributed by atoms with van der Waals surface area (Å²) in [5.74, 6) is 0. The standard InChI is InChI=1S/C13H21N3O3S/c1-13(2,20(3,18)19)9-15-12(17)16-11-6-4-5-10(7-11)8-14/h4-7H,8-9,14H2,1-3H3,(H2,15,16,17). The van der Waals surface area contributed by atoms with Gasteiger partial charge in [-0.2, -0.15) is 0 Å². The number of hydrogen-bond donors (Lipinski definition) is 3. The summed E-state index contributed by atoms with van der Waals surface area (Å²) >= 11 is 0. The third-order valence-electron chi connectivity index (χ3n) is 3.10. The Hall–Kier alpha value is -1.60. The van der Waals surface area contributed by atoms with Gasteiger partial charge in [-0.3, -0.25) is 0 Å². The highest BCUT2D eigenvalue weighted by Gasteiger charge is 2.30. The quantitative estimate of drug-likeness (QED) is 0.757. The SMILES string of the molecule is CC(C)(CNC(=O)Nc1cccc(CN)c1)S(C)(=O)=O. The normalized spacial score (nSPS) is 12.0. The van der Waals surface area contributed by atoms with E-state index in [1.54, 1.807) is 32.0 Å². The molecule has 0 bridgehead atoms. The monoisotopic (exact) mass is 299 g/mol. The number of hydrogen-bond acceptors (Lipinski definition) is 4. The lowest BCUT2D eigenvalue weighted by molar-refractivity contribution is 0.251. The van der Waals surface area contributed by atoms with Crippen LogP contribution in [0.1, 0.15) is 19.4 Å². The lowest BCUT2D eigenvalue weighted by atomic mass is 10.2. The van der Waals surface area contributed by atoms with Crippen molar-refractivity contribution in [2.45, 2.75) is 25.1 Å². The zero-order valence-corrected chi connectivity index (χ0v) is 12.8. The number of carbonyl (C=O) groups is 1. The molecule has 0 saturated carbocycles. The van der Waals surface area contributed by atoms with Gasteiger partial charge < -0.3 is 16.4 Å². The molecule has 0 aromatic heterocycles. The first kappa shape index (κ1) is 16.5. The van der Waals surface area contributed by atoms with Crippen molar-refractivity contribution in [1.29, 1.82) is 0 Å². The van der Waals surface area contributed by atoms with Crippen molar-refractivity contribution < 1.29 is 13.2 Å². The summed E-state index contributed by atoms with van der Waals surface area (Å²) in [4.78, 5) is 11.7. The summed E-state index contributed by atoms with van der Waals surface area (Å²) in [6.45, 7) is 3.56. The first-order chi connectivity index (χ1) is 9.15. The maximum atomic E-state index is 11.7. The smallest absolute Gasteiger partial charge is 0.319 e. The number of carbonyl (C=O) groups excluding carboxylic acids is 1. The average Bonchev–Trinajstić information content (AvgIpc) is 2.35. The van der Waals surface area contributed by atoms with Gasteiger partial charge in [0.1, 0.15) is 0 Å². The number of nitrogens with two attached hydrogens (primary N) is 1. The van der Waals surface area contributed by atoms with Gasteiger partial charge in [0.25, 0.3) is 0 Å². The van der Waals surface area contributed by atoms with E-state index in [1.807, 2.05) is 6.07 Å². The van der Waals surface area contributed by atoms with Gasteiger partial charge in [-0.25, -0.2) is 13.2 Å². The Morgan fingerprint density at radius 2 is 2.00 bits per heavy atom. The molecule has 0 atom stereocenters. The fraction of sp³-hybridized carbons (Fsp3) is 0.462. The minimum Gasteiger partial charge on any atom is -0.336 e. The van der Waals surface area contributed by atoms with Gasteiger partial charge >= 0.3 is 6.03 Å². The van der Waals surface area contributed by atoms with E-state index >= 15 is 0 Å². The zero-order chi connectivity index (χ0) is 15.4. The number of amides is 2. The molecule has 0 unspecified atom stereocenters. The van der Waals surface area contributed by atoms with E-state index in [0.29, 0.717) is 12.2 Å². The van der Waals surface area contributed by atoms with Gasteiger partial charge in [0.05, 0.1) is 4.75 Å². The third kappa shape index (κ3) is 4.50. The van der Waals surface area contributed by atoms with Crippen molar-refractivity contribution in [3.8, 4) is 0 Å². The molecule has 1 aromatic carbocycles. The van der Waals surface area contributed by atoms with Crippen LogP contribution in [0.4, 0.5) is 10.5 Å². The maximum Gasteiger partial charge on any atom is 0.319 e. The molecule has 0 radical (unpaired) electrons. The highest BCUT2D eigenvalue weighted by molar-refractivity contribution is 7.92. The average molecular weight is 299 g/mol. The summed E-state index contributed by atoms with van der Waals surface area (Å²) in [6, 6.07) is 6.70. The number of anilines is 1. The summed E-state index contributed by atoms with van der Waals surface area (Å²) in [5, 5.41) is 5.20. The third-order valence-corrected chi connectivity index (χ3v) is 5.25. The number of urea groups is 1. The van der Waals surface area contributed by atoms with Crippen LogP contribution < -0.4 is 16.4 Å². The van der Waals surface area contributed by atoms with Crippen molar-refractivity contribution in [3.63, 3.8) is 0 Å². The van der Waals surface area contributed by atoms with Gasteiger partial charge in [-0.05, 0) is 31.5 Å². The second-order valence-electron chi connectivity index (χ2n) is 5.24. The molecule has 0 aliphatic carbocycles. The van der Waals surface area contributed by atoms with Gasteiger partial charge in [0.15, 0.2) is 9.84 Å². The molecular formula is C13H21N3O3S. The van der Waals surface area contributed by atoms with E-state index in [9.17, 15) is 13.2 Å². The van der Waals surface area contributed by atoms with Gasteiger partial charge in [0, 0.05) is 25.0 Å². The Kier molecular flexibility index (Phi) is 5.13. The minimum absolute atomic E-state index is 0.0360. The van der Waals surface area contributed by atoms with Crippen LogP contribution >= 0.6 is 0 Å². The number of benzene rings is 1. The molecule has 0 heterocycles. The topological polar surface area (TPSA) is 101 Å². The van der Waals surface area contributed by atoms with E-state index in [-0.39, 0.29) is 6.54 Å². The molecule has 6 nitrogen and oxygen atoms in total. The summed E-state index contributed by atoms with van der Waals surface area (Å²) in [5.41, 5.74) is 7.03. The molecule has 1 aromatic rings. The van der Waals surface area contributed by atoms with Crippen LogP contribution in [0, 0.1) is 0 Å².